The van der Waals surface area contributed by atoms with Crippen LogP contribution < -0.4 is 32.2 Å². The smallest absolute Gasteiger partial charge is 0.303 e. The van der Waals surface area contributed by atoms with Gasteiger partial charge in [-0.25, -0.2) is 0 Å². The zero-order chi connectivity index (χ0) is 27.5. The maximum atomic E-state index is 13.1. The number of unbranched alkanes of at least 4 members (excludes halogenated alkanes) is 1. The van der Waals surface area contributed by atoms with Crippen molar-refractivity contribution < 1.29 is 38.7 Å². The molecule has 1 aliphatic rings. The predicted octanol–water partition coefficient (Wildman–Crippen LogP) is -1.08. The quantitative estimate of drug-likeness (QED) is 0.130. The van der Waals surface area contributed by atoms with E-state index in [-0.39, 0.29) is 37.2 Å². The van der Waals surface area contributed by atoms with E-state index < -0.39 is 64.8 Å². The van der Waals surface area contributed by atoms with E-state index >= 15 is 0 Å². The molecule has 37 heavy (non-hydrogen) atoms. The number of amides is 4. The summed E-state index contributed by atoms with van der Waals surface area (Å²) in [7, 11) is 0. The monoisotopic (exact) mass is 522 g/mol. The van der Waals surface area contributed by atoms with Crippen LogP contribution in [0.5, 0.6) is 5.75 Å². The molecule has 15 nitrogen and oxygen atoms in total. The summed E-state index contributed by atoms with van der Waals surface area (Å²) in [6.07, 6.45) is 0.211. The molecule has 1 heterocycles. The number of carbonyl (C=O) groups is 5. The summed E-state index contributed by atoms with van der Waals surface area (Å²) in [5.41, 5.74) is 10.2. The number of nitro benzene ring substituents is 1. The van der Waals surface area contributed by atoms with Gasteiger partial charge in [0.15, 0.2) is 0 Å². The van der Waals surface area contributed by atoms with Crippen LogP contribution in [0.3, 0.4) is 0 Å². The molecule has 0 saturated carbocycles. The van der Waals surface area contributed by atoms with Gasteiger partial charge in [0, 0.05) is 25.0 Å². The minimum atomic E-state index is -1.41. The number of fused-ring (bicyclic) bond motifs is 1. The SMILES string of the molecule is NCCCC[C@@H]1NC(=O)[C@H](CCC(=O)O)NC(=O)c2cc([N+](=O)[O-])ccc2OCC[C@@H](C(N)=O)NC1=O. The van der Waals surface area contributed by atoms with Crippen molar-refractivity contribution in [2.24, 2.45) is 11.5 Å². The fourth-order valence-electron chi connectivity index (χ4n) is 3.59. The van der Waals surface area contributed by atoms with Gasteiger partial charge in [0.1, 0.15) is 23.9 Å². The standard InChI is InChI=1S/C22H30N6O9/c23-9-2-1-3-15-21(33)25-14(19(24)31)8-10-37-17-6-4-12(28(35)36)11-13(17)20(32)26-16(22(34)27-15)5-7-18(29)30/h4,6,11,14-16H,1-3,5,7-10,23H2,(H2,24,31)(H,25,33)(H,26,32)(H,27,34)(H,29,30)/t14-,15-,16-/m0/s1. The van der Waals surface area contributed by atoms with E-state index in [1.807, 2.05) is 0 Å². The van der Waals surface area contributed by atoms with Crippen molar-refractivity contribution in [3.63, 3.8) is 0 Å². The van der Waals surface area contributed by atoms with E-state index in [9.17, 15) is 34.1 Å². The minimum Gasteiger partial charge on any atom is -0.493 e. The first-order chi connectivity index (χ1) is 17.5. The van der Waals surface area contributed by atoms with Gasteiger partial charge < -0.3 is 37.3 Å². The average Bonchev–Trinajstić information content (AvgIpc) is 2.84. The van der Waals surface area contributed by atoms with Crippen molar-refractivity contribution in [2.45, 2.75) is 56.7 Å². The van der Waals surface area contributed by atoms with Gasteiger partial charge in [-0.15, -0.1) is 0 Å². The molecule has 0 aliphatic carbocycles. The largest absolute Gasteiger partial charge is 0.493 e. The Morgan fingerprint density at radius 1 is 1.08 bits per heavy atom. The highest BCUT2D eigenvalue weighted by atomic mass is 16.6. The number of primary amides is 1. The Balaban J connectivity index is 2.48. The molecular weight excluding hydrogens is 492 g/mol. The summed E-state index contributed by atoms with van der Waals surface area (Å²) >= 11 is 0. The Morgan fingerprint density at radius 2 is 1.76 bits per heavy atom. The number of aliphatic carboxylic acids is 1. The lowest BCUT2D eigenvalue weighted by Crippen LogP contribution is -2.56. The molecule has 0 unspecified atom stereocenters. The Kier molecular flexibility index (Phi) is 10.7. The lowest BCUT2D eigenvalue weighted by Gasteiger charge is -2.25. The third-order valence-electron chi connectivity index (χ3n) is 5.59. The first kappa shape index (κ1) is 29.0. The van der Waals surface area contributed by atoms with Gasteiger partial charge >= 0.3 is 5.97 Å². The van der Waals surface area contributed by atoms with Crippen LogP contribution in [0.15, 0.2) is 18.2 Å². The van der Waals surface area contributed by atoms with E-state index in [2.05, 4.69) is 16.0 Å². The van der Waals surface area contributed by atoms with Gasteiger partial charge in [-0.05, 0) is 38.3 Å². The molecule has 8 N–H and O–H groups in total. The number of nitrogens with zero attached hydrogens (tertiary/aromatic N) is 1. The Hall–Kier alpha value is -4.27. The van der Waals surface area contributed by atoms with E-state index in [0.717, 1.165) is 12.1 Å². The van der Waals surface area contributed by atoms with Crippen LogP contribution in [0, 0.1) is 10.1 Å². The number of benzene rings is 1. The van der Waals surface area contributed by atoms with E-state index in [1.54, 1.807) is 0 Å². The Bertz CT molecular complexity index is 1050. The molecule has 15 heteroatoms. The number of nitrogens with two attached hydrogens (primary N) is 2. The molecule has 1 aromatic rings. The number of rotatable bonds is 9. The third kappa shape index (κ3) is 8.71. The number of hydrogen-bond acceptors (Lipinski definition) is 9. The van der Waals surface area contributed by atoms with Gasteiger partial charge in [0.2, 0.25) is 17.7 Å². The summed E-state index contributed by atoms with van der Waals surface area (Å²) in [5.74, 6) is -4.68. The summed E-state index contributed by atoms with van der Waals surface area (Å²) < 4.78 is 5.57. The number of nitro groups is 1. The highest BCUT2D eigenvalue weighted by Gasteiger charge is 2.31. The van der Waals surface area contributed by atoms with Crippen LogP contribution in [0.2, 0.25) is 0 Å². The topological polar surface area (TPSA) is 246 Å². The number of carbonyl (C=O) groups excluding carboxylic acids is 4. The number of carboxylic acids is 1. The van der Waals surface area contributed by atoms with E-state index in [4.69, 9.17) is 21.3 Å². The molecule has 3 atom stereocenters. The minimum absolute atomic E-state index is 0.0910. The van der Waals surface area contributed by atoms with Crippen molar-refractivity contribution in [3.8, 4) is 5.75 Å². The van der Waals surface area contributed by atoms with Gasteiger partial charge in [-0.2, -0.15) is 0 Å². The zero-order valence-electron chi connectivity index (χ0n) is 19.9. The molecule has 0 spiro atoms. The molecule has 1 aromatic carbocycles. The summed E-state index contributed by atoms with van der Waals surface area (Å²) in [5, 5.41) is 27.7. The molecule has 0 saturated heterocycles. The van der Waals surface area contributed by atoms with Crippen LogP contribution in [0.25, 0.3) is 0 Å². The van der Waals surface area contributed by atoms with Crippen LogP contribution >= 0.6 is 0 Å². The van der Waals surface area contributed by atoms with Crippen molar-refractivity contribution in [1.29, 1.82) is 0 Å². The normalized spacial score (nSPS) is 20.8. The van der Waals surface area contributed by atoms with Crippen LogP contribution in [-0.2, 0) is 19.2 Å². The number of hydrogen-bond donors (Lipinski definition) is 6. The average molecular weight is 523 g/mol. The molecular formula is C22H30N6O9. The summed E-state index contributed by atoms with van der Waals surface area (Å²) in [6.45, 7) is 0.144. The van der Waals surface area contributed by atoms with Crippen LogP contribution in [-0.4, -0.2) is 70.9 Å². The third-order valence-corrected chi connectivity index (χ3v) is 5.59. The van der Waals surface area contributed by atoms with Gasteiger partial charge in [0.05, 0.1) is 17.1 Å². The molecule has 0 radical (unpaired) electrons. The number of nitrogens with one attached hydrogen (secondary N) is 3. The van der Waals surface area contributed by atoms with Crippen molar-refractivity contribution in [3.05, 3.63) is 33.9 Å². The van der Waals surface area contributed by atoms with Crippen LogP contribution in [0.4, 0.5) is 5.69 Å². The Morgan fingerprint density at radius 3 is 2.38 bits per heavy atom. The first-order valence-corrected chi connectivity index (χ1v) is 11.6. The second-order valence-corrected chi connectivity index (χ2v) is 8.34. The highest BCUT2D eigenvalue weighted by molar-refractivity contribution is 6.01. The predicted molar refractivity (Wildman–Crippen MR) is 127 cm³/mol. The van der Waals surface area contributed by atoms with Crippen molar-refractivity contribution in [2.75, 3.05) is 13.2 Å². The first-order valence-electron chi connectivity index (χ1n) is 11.6. The van der Waals surface area contributed by atoms with Crippen molar-refractivity contribution in [1.82, 2.24) is 16.0 Å². The molecule has 4 amide bonds. The van der Waals surface area contributed by atoms with E-state index in [0.29, 0.717) is 19.4 Å². The Labute approximate surface area is 211 Å². The van der Waals surface area contributed by atoms with Crippen molar-refractivity contribution >= 4 is 35.3 Å². The zero-order valence-corrected chi connectivity index (χ0v) is 19.9. The van der Waals surface area contributed by atoms with Crippen LogP contribution in [0.1, 0.15) is 48.9 Å². The maximum Gasteiger partial charge on any atom is 0.303 e. The van der Waals surface area contributed by atoms with Gasteiger partial charge in [-0.1, -0.05) is 0 Å². The summed E-state index contributed by atoms with van der Waals surface area (Å²) in [4.78, 5) is 72.7. The lowest BCUT2D eigenvalue weighted by molar-refractivity contribution is -0.384. The molecule has 202 valence electrons. The number of carboxylic acid groups (broad SMARTS) is 1. The molecule has 2 rings (SSSR count). The highest BCUT2D eigenvalue weighted by Crippen LogP contribution is 2.25. The lowest BCUT2D eigenvalue weighted by atomic mass is 10.0. The van der Waals surface area contributed by atoms with Gasteiger partial charge in [-0.3, -0.25) is 34.1 Å². The molecule has 0 bridgehead atoms. The maximum absolute atomic E-state index is 13.1. The van der Waals surface area contributed by atoms with Gasteiger partial charge in [0.25, 0.3) is 11.6 Å². The fourth-order valence-corrected chi connectivity index (χ4v) is 3.59. The summed E-state index contributed by atoms with van der Waals surface area (Å²) in [6, 6.07) is -0.494. The second-order valence-electron chi connectivity index (χ2n) is 8.34. The van der Waals surface area contributed by atoms with E-state index in [1.165, 1.54) is 6.07 Å². The second kappa shape index (κ2) is 13.7. The number of non-ortho nitro benzene ring substituents is 1. The molecule has 0 aromatic heterocycles. The number of ether oxygens (including phenoxy) is 1. The molecule has 1 aliphatic heterocycles. The molecule has 0 fully saturated rings. The fraction of sp³-hybridized carbons (Fsp3) is 0.500.